The minimum Gasteiger partial charge on any atom is -0.322 e. The zero-order valence-corrected chi connectivity index (χ0v) is 10.0. The third-order valence-electron chi connectivity index (χ3n) is 4.23. The Kier molecular flexibility index (Phi) is 3.57. The van der Waals surface area contributed by atoms with Gasteiger partial charge in [0.15, 0.2) is 0 Å². The zero-order chi connectivity index (χ0) is 12.4. The molecule has 16 heavy (non-hydrogen) atoms. The topological polar surface area (TPSA) is 99.6 Å². The van der Waals surface area contributed by atoms with Crippen molar-refractivity contribution < 1.29 is 0 Å². The normalized spacial score (nSPS) is 38.1. The van der Waals surface area contributed by atoms with Gasteiger partial charge in [-0.3, -0.25) is 0 Å². The molecule has 0 aromatic rings. The third kappa shape index (κ3) is 1.69. The molecular weight excluding hydrogens is 200 g/mol. The van der Waals surface area contributed by atoms with Gasteiger partial charge in [-0.15, -0.1) is 0 Å². The second kappa shape index (κ2) is 4.41. The molecule has 4 unspecified atom stereocenters. The molecule has 0 radical (unpaired) electrons. The van der Waals surface area contributed by atoms with E-state index in [0.29, 0.717) is 0 Å². The number of nitriles is 2. The Balaban J connectivity index is 3.14. The van der Waals surface area contributed by atoms with E-state index < -0.39 is 11.1 Å². The maximum Gasteiger partial charge on any atom is 0.0673 e. The van der Waals surface area contributed by atoms with Gasteiger partial charge in [0, 0.05) is 0 Å². The smallest absolute Gasteiger partial charge is 0.0673 e. The molecular formula is C12H20N4. The van der Waals surface area contributed by atoms with Gasteiger partial charge in [0.2, 0.25) is 0 Å². The van der Waals surface area contributed by atoms with Gasteiger partial charge in [0.1, 0.15) is 0 Å². The highest BCUT2D eigenvalue weighted by molar-refractivity contribution is 5.20. The van der Waals surface area contributed by atoms with E-state index in [1.807, 2.05) is 0 Å². The maximum atomic E-state index is 9.07. The molecule has 4 heteroatoms. The van der Waals surface area contributed by atoms with Gasteiger partial charge in [0.25, 0.3) is 0 Å². The number of hydrogen-bond acceptors (Lipinski definition) is 4. The van der Waals surface area contributed by atoms with Crippen molar-refractivity contribution >= 4 is 0 Å². The summed E-state index contributed by atoms with van der Waals surface area (Å²) in [5.41, 5.74) is 11.3. The SMILES string of the molecule is CC(C#N)C1(N)CCCCC1(N)C(C)C#N. The standard InChI is InChI=1S/C12H20N4/c1-9(7-13)11(15)5-3-4-6-12(11,16)10(2)8-14/h9-10H,3-6,15-16H2,1-2H3. The largest absolute Gasteiger partial charge is 0.322 e. The first-order chi connectivity index (χ1) is 7.42. The van der Waals surface area contributed by atoms with Gasteiger partial charge in [-0.2, -0.15) is 10.5 Å². The van der Waals surface area contributed by atoms with E-state index in [9.17, 15) is 0 Å². The van der Waals surface area contributed by atoms with Crippen LogP contribution in [-0.2, 0) is 0 Å². The van der Waals surface area contributed by atoms with E-state index in [-0.39, 0.29) is 11.8 Å². The van der Waals surface area contributed by atoms with E-state index in [1.54, 1.807) is 13.8 Å². The lowest BCUT2D eigenvalue weighted by molar-refractivity contribution is 0.0861. The quantitative estimate of drug-likeness (QED) is 0.732. The molecule has 4 N–H and O–H groups in total. The predicted molar refractivity (Wildman–Crippen MR) is 61.9 cm³/mol. The summed E-state index contributed by atoms with van der Waals surface area (Å²) in [7, 11) is 0. The number of rotatable bonds is 2. The Morgan fingerprint density at radius 2 is 1.25 bits per heavy atom. The van der Waals surface area contributed by atoms with Gasteiger partial charge in [-0.05, 0) is 26.7 Å². The molecule has 0 amide bonds. The fourth-order valence-electron chi connectivity index (χ4n) is 2.77. The first-order valence-electron chi connectivity index (χ1n) is 5.79. The van der Waals surface area contributed by atoms with Gasteiger partial charge >= 0.3 is 0 Å². The molecule has 1 fully saturated rings. The summed E-state index contributed by atoms with van der Waals surface area (Å²) in [6.07, 6.45) is 3.42. The van der Waals surface area contributed by atoms with Crippen molar-refractivity contribution in [2.24, 2.45) is 23.3 Å². The van der Waals surface area contributed by atoms with Crippen molar-refractivity contribution in [2.75, 3.05) is 0 Å². The molecule has 0 heterocycles. The number of nitrogens with two attached hydrogens (primary N) is 2. The van der Waals surface area contributed by atoms with Crippen LogP contribution in [0.25, 0.3) is 0 Å². The molecule has 1 aliphatic rings. The molecule has 4 nitrogen and oxygen atoms in total. The summed E-state index contributed by atoms with van der Waals surface area (Å²) in [4.78, 5) is 0. The second-order valence-corrected chi connectivity index (χ2v) is 4.99. The van der Waals surface area contributed by atoms with Crippen LogP contribution in [0.5, 0.6) is 0 Å². The van der Waals surface area contributed by atoms with E-state index >= 15 is 0 Å². The summed E-state index contributed by atoms with van der Waals surface area (Å²) >= 11 is 0. The average molecular weight is 220 g/mol. The monoisotopic (exact) mass is 220 g/mol. The van der Waals surface area contributed by atoms with Crippen LogP contribution >= 0.6 is 0 Å². The van der Waals surface area contributed by atoms with Crippen LogP contribution in [0.3, 0.4) is 0 Å². The molecule has 1 aliphatic carbocycles. The number of hydrogen-bond donors (Lipinski definition) is 2. The highest BCUT2D eigenvalue weighted by Crippen LogP contribution is 2.42. The molecule has 1 rings (SSSR count). The van der Waals surface area contributed by atoms with Gasteiger partial charge in [-0.25, -0.2) is 0 Å². The third-order valence-corrected chi connectivity index (χ3v) is 4.23. The van der Waals surface area contributed by atoms with E-state index in [0.717, 1.165) is 25.7 Å². The highest BCUT2D eigenvalue weighted by atomic mass is 15.0. The van der Waals surface area contributed by atoms with Crippen molar-refractivity contribution in [3.8, 4) is 12.1 Å². The molecule has 0 saturated heterocycles. The first kappa shape index (κ1) is 13.0. The van der Waals surface area contributed by atoms with Crippen LogP contribution in [0.4, 0.5) is 0 Å². The van der Waals surface area contributed by atoms with E-state index in [4.69, 9.17) is 22.0 Å². The average Bonchev–Trinajstić information content (AvgIpc) is 2.30. The molecule has 1 saturated carbocycles. The molecule has 0 aromatic carbocycles. The van der Waals surface area contributed by atoms with E-state index in [1.165, 1.54) is 0 Å². The fourth-order valence-corrected chi connectivity index (χ4v) is 2.77. The predicted octanol–water partition coefficient (Wildman–Crippen LogP) is 1.27. The van der Waals surface area contributed by atoms with Gasteiger partial charge < -0.3 is 11.5 Å². The lowest BCUT2D eigenvalue weighted by Crippen LogP contribution is -2.72. The van der Waals surface area contributed by atoms with Crippen LogP contribution < -0.4 is 11.5 Å². The van der Waals surface area contributed by atoms with Crippen molar-refractivity contribution in [3.63, 3.8) is 0 Å². The Labute approximate surface area is 97.2 Å². The lowest BCUT2D eigenvalue weighted by atomic mass is 9.58. The van der Waals surface area contributed by atoms with Crippen LogP contribution in [0.15, 0.2) is 0 Å². The summed E-state index contributed by atoms with van der Waals surface area (Å²) < 4.78 is 0. The molecule has 88 valence electrons. The van der Waals surface area contributed by atoms with Gasteiger partial charge in [-0.1, -0.05) is 12.8 Å². The molecule has 4 atom stereocenters. The fraction of sp³-hybridized carbons (Fsp3) is 0.833. The van der Waals surface area contributed by atoms with Crippen molar-refractivity contribution in [2.45, 2.75) is 50.6 Å². The van der Waals surface area contributed by atoms with Crippen molar-refractivity contribution in [1.29, 1.82) is 10.5 Å². The van der Waals surface area contributed by atoms with Crippen LogP contribution in [0, 0.1) is 34.5 Å². The van der Waals surface area contributed by atoms with Gasteiger partial charge in [0.05, 0.1) is 35.1 Å². The summed E-state index contributed by atoms with van der Waals surface area (Å²) in [5, 5.41) is 18.1. The Morgan fingerprint density at radius 3 is 1.50 bits per heavy atom. The minimum atomic E-state index is -0.741. The summed E-state index contributed by atoms with van der Waals surface area (Å²) in [6.45, 7) is 3.61. The van der Waals surface area contributed by atoms with Crippen LogP contribution in [0.1, 0.15) is 39.5 Å². The Hall–Kier alpha value is -1.10. The summed E-state index contributed by atoms with van der Waals surface area (Å²) in [6, 6.07) is 4.39. The first-order valence-corrected chi connectivity index (χ1v) is 5.79. The Bertz CT molecular complexity index is 306. The molecule has 0 aromatic heterocycles. The lowest BCUT2D eigenvalue weighted by Gasteiger charge is -2.52. The molecule has 0 bridgehead atoms. The number of nitrogens with zero attached hydrogens (tertiary/aromatic N) is 2. The van der Waals surface area contributed by atoms with Crippen molar-refractivity contribution in [1.82, 2.24) is 0 Å². The second-order valence-electron chi connectivity index (χ2n) is 4.99. The Morgan fingerprint density at radius 1 is 0.938 bits per heavy atom. The van der Waals surface area contributed by atoms with Crippen LogP contribution in [-0.4, -0.2) is 11.1 Å². The van der Waals surface area contributed by atoms with Crippen LogP contribution in [0.2, 0.25) is 0 Å². The zero-order valence-electron chi connectivity index (χ0n) is 10.0. The molecule has 0 spiro atoms. The molecule has 0 aliphatic heterocycles. The van der Waals surface area contributed by atoms with Crippen molar-refractivity contribution in [3.05, 3.63) is 0 Å². The minimum absolute atomic E-state index is 0.325. The summed E-state index contributed by atoms with van der Waals surface area (Å²) in [5.74, 6) is -0.651. The maximum absolute atomic E-state index is 9.07. The van der Waals surface area contributed by atoms with E-state index in [2.05, 4.69) is 12.1 Å². The highest BCUT2D eigenvalue weighted by Gasteiger charge is 2.54.